The van der Waals surface area contributed by atoms with Gasteiger partial charge in [0.05, 0.1) is 12.7 Å². The fourth-order valence-corrected chi connectivity index (χ4v) is 1.51. The minimum absolute atomic E-state index is 0.0339. The number of carbonyl (C=O) groups excluding carboxylic acids is 2. The monoisotopic (exact) mass is 250 g/mol. The molecule has 0 spiro atoms. The van der Waals surface area contributed by atoms with Gasteiger partial charge in [0.25, 0.3) is 5.91 Å². The summed E-state index contributed by atoms with van der Waals surface area (Å²) in [7, 11) is 1.50. The van der Waals surface area contributed by atoms with Crippen LogP contribution in [0.15, 0.2) is 18.2 Å². The number of anilines is 1. The van der Waals surface area contributed by atoms with Crippen LogP contribution < -0.4 is 15.4 Å². The van der Waals surface area contributed by atoms with Crippen LogP contribution in [0.5, 0.6) is 5.75 Å². The van der Waals surface area contributed by atoms with E-state index in [1.807, 2.05) is 13.8 Å². The Bertz CT molecular complexity index is 456. The normalized spacial score (nSPS) is 10.1. The van der Waals surface area contributed by atoms with Gasteiger partial charge in [-0.2, -0.15) is 0 Å². The fourth-order valence-electron chi connectivity index (χ4n) is 1.51. The summed E-state index contributed by atoms with van der Waals surface area (Å²) in [6.45, 7) is 5.17. The third-order valence-electron chi connectivity index (χ3n) is 2.18. The molecule has 5 nitrogen and oxygen atoms in total. The van der Waals surface area contributed by atoms with Crippen molar-refractivity contribution in [3.8, 4) is 5.75 Å². The van der Waals surface area contributed by atoms with E-state index in [0.717, 1.165) is 0 Å². The van der Waals surface area contributed by atoms with Gasteiger partial charge in [-0.25, -0.2) is 0 Å². The summed E-state index contributed by atoms with van der Waals surface area (Å²) in [5.74, 6) is 0.0617. The molecule has 0 atom stereocenters. The Morgan fingerprint density at radius 2 is 1.94 bits per heavy atom. The standard InChI is InChI=1S/C13H18N2O3/c1-8(2)14-13(17)11-7-10(15-9(3)16)5-6-12(11)18-4/h5-8H,1-4H3,(H,14,17)(H,15,16). The third-order valence-corrected chi connectivity index (χ3v) is 2.18. The van der Waals surface area contributed by atoms with Gasteiger partial charge in [0.2, 0.25) is 5.91 Å². The maximum Gasteiger partial charge on any atom is 0.255 e. The molecule has 5 heteroatoms. The Hall–Kier alpha value is -2.04. The van der Waals surface area contributed by atoms with Crippen molar-refractivity contribution in [3.05, 3.63) is 23.8 Å². The summed E-state index contributed by atoms with van der Waals surface area (Å²) in [4.78, 5) is 23.0. The van der Waals surface area contributed by atoms with Crippen LogP contribution in [0.3, 0.4) is 0 Å². The zero-order valence-electron chi connectivity index (χ0n) is 11.0. The van der Waals surface area contributed by atoms with Gasteiger partial charge in [-0.3, -0.25) is 9.59 Å². The third kappa shape index (κ3) is 3.76. The van der Waals surface area contributed by atoms with E-state index in [1.54, 1.807) is 18.2 Å². The molecule has 18 heavy (non-hydrogen) atoms. The molecular weight excluding hydrogens is 232 g/mol. The average molecular weight is 250 g/mol. The Balaban J connectivity index is 3.05. The lowest BCUT2D eigenvalue weighted by atomic mass is 10.1. The summed E-state index contributed by atoms with van der Waals surface area (Å²) in [6.07, 6.45) is 0. The van der Waals surface area contributed by atoms with Gasteiger partial charge >= 0.3 is 0 Å². The van der Waals surface area contributed by atoms with Crippen molar-refractivity contribution in [3.63, 3.8) is 0 Å². The lowest BCUT2D eigenvalue weighted by molar-refractivity contribution is -0.114. The number of amides is 2. The lowest BCUT2D eigenvalue weighted by Crippen LogP contribution is -2.30. The van der Waals surface area contributed by atoms with Crippen LogP contribution in [-0.4, -0.2) is 25.0 Å². The molecule has 1 rings (SSSR count). The topological polar surface area (TPSA) is 67.4 Å². The van der Waals surface area contributed by atoms with Crippen molar-refractivity contribution in [2.45, 2.75) is 26.8 Å². The maximum absolute atomic E-state index is 12.0. The highest BCUT2D eigenvalue weighted by molar-refractivity contribution is 5.99. The summed E-state index contributed by atoms with van der Waals surface area (Å²) < 4.78 is 5.13. The molecule has 0 aliphatic heterocycles. The fraction of sp³-hybridized carbons (Fsp3) is 0.385. The van der Waals surface area contributed by atoms with E-state index < -0.39 is 0 Å². The summed E-state index contributed by atoms with van der Waals surface area (Å²) in [5.41, 5.74) is 0.967. The second kappa shape index (κ2) is 6.05. The van der Waals surface area contributed by atoms with Gasteiger partial charge in [-0.15, -0.1) is 0 Å². The highest BCUT2D eigenvalue weighted by Crippen LogP contribution is 2.22. The van der Waals surface area contributed by atoms with Gasteiger partial charge < -0.3 is 15.4 Å². The van der Waals surface area contributed by atoms with Crippen LogP contribution in [0.4, 0.5) is 5.69 Å². The molecule has 0 aliphatic carbocycles. The number of benzene rings is 1. The van der Waals surface area contributed by atoms with Crippen LogP contribution in [-0.2, 0) is 4.79 Å². The largest absolute Gasteiger partial charge is 0.496 e. The van der Waals surface area contributed by atoms with Crippen molar-refractivity contribution < 1.29 is 14.3 Å². The van der Waals surface area contributed by atoms with Crippen LogP contribution >= 0.6 is 0 Å². The number of nitrogens with one attached hydrogen (secondary N) is 2. The van der Waals surface area contributed by atoms with Crippen LogP contribution in [0, 0.1) is 0 Å². The number of methoxy groups -OCH3 is 1. The van der Waals surface area contributed by atoms with Crippen molar-refractivity contribution in [2.24, 2.45) is 0 Å². The zero-order valence-corrected chi connectivity index (χ0v) is 11.0. The number of carbonyl (C=O) groups is 2. The van der Waals surface area contributed by atoms with E-state index in [9.17, 15) is 9.59 Å². The smallest absolute Gasteiger partial charge is 0.255 e. The molecule has 98 valence electrons. The van der Waals surface area contributed by atoms with Crippen molar-refractivity contribution in [2.75, 3.05) is 12.4 Å². The van der Waals surface area contributed by atoms with E-state index in [1.165, 1.54) is 14.0 Å². The number of hydrogen-bond acceptors (Lipinski definition) is 3. The Labute approximate surface area is 107 Å². The molecule has 0 fully saturated rings. The SMILES string of the molecule is COc1ccc(NC(C)=O)cc1C(=O)NC(C)C. The Morgan fingerprint density at radius 1 is 1.28 bits per heavy atom. The molecule has 0 unspecified atom stereocenters. The number of hydrogen-bond donors (Lipinski definition) is 2. The van der Waals surface area contributed by atoms with E-state index in [0.29, 0.717) is 17.0 Å². The van der Waals surface area contributed by atoms with E-state index in [4.69, 9.17) is 4.74 Å². The van der Waals surface area contributed by atoms with Gasteiger partial charge in [0.15, 0.2) is 0 Å². The highest BCUT2D eigenvalue weighted by atomic mass is 16.5. The molecule has 0 aromatic heterocycles. The summed E-state index contributed by atoms with van der Waals surface area (Å²) in [5, 5.41) is 5.41. The highest BCUT2D eigenvalue weighted by Gasteiger charge is 2.14. The molecule has 0 aliphatic rings. The number of rotatable bonds is 4. The summed E-state index contributed by atoms with van der Waals surface area (Å²) >= 11 is 0. The van der Waals surface area contributed by atoms with Gasteiger partial charge in [0.1, 0.15) is 5.75 Å². The minimum atomic E-state index is -0.228. The van der Waals surface area contributed by atoms with Crippen molar-refractivity contribution >= 4 is 17.5 Å². The molecule has 1 aromatic rings. The molecule has 1 aromatic carbocycles. The second-order valence-corrected chi connectivity index (χ2v) is 4.22. The first-order valence-corrected chi connectivity index (χ1v) is 5.70. The molecule has 2 N–H and O–H groups in total. The van der Waals surface area contributed by atoms with Crippen LogP contribution in [0.2, 0.25) is 0 Å². The molecule has 0 radical (unpaired) electrons. The molecule has 0 bridgehead atoms. The first kappa shape index (κ1) is 14.0. The molecule has 0 saturated carbocycles. The van der Waals surface area contributed by atoms with Gasteiger partial charge in [0, 0.05) is 18.7 Å². The minimum Gasteiger partial charge on any atom is -0.496 e. The molecule has 0 saturated heterocycles. The van der Waals surface area contributed by atoms with E-state index >= 15 is 0 Å². The Morgan fingerprint density at radius 3 is 2.44 bits per heavy atom. The first-order chi connectivity index (χ1) is 8.43. The van der Waals surface area contributed by atoms with Gasteiger partial charge in [-0.1, -0.05) is 0 Å². The van der Waals surface area contributed by atoms with Gasteiger partial charge in [-0.05, 0) is 32.0 Å². The molecular formula is C13H18N2O3. The van der Waals surface area contributed by atoms with Crippen molar-refractivity contribution in [1.82, 2.24) is 5.32 Å². The lowest BCUT2D eigenvalue weighted by Gasteiger charge is -2.13. The Kier molecular flexibility index (Phi) is 4.71. The maximum atomic E-state index is 12.0. The van der Waals surface area contributed by atoms with Crippen molar-refractivity contribution in [1.29, 1.82) is 0 Å². The average Bonchev–Trinajstić information content (AvgIpc) is 2.27. The van der Waals surface area contributed by atoms with Crippen LogP contribution in [0.25, 0.3) is 0 Å². The van der Waals surface area contributed by atoms with Crippen LogP contribution in [0.1, 0.15) is 31.1 Å². The second-order valence-electron chi connectivity index (χ2n) is 4.22. The van der Waals surface area contributed by atoms with E-state index in [-0.39, 0.29) is 17.9 Å². The quantitative estimate of drug-likeness (QED) is 0.856. The molecule has 2 amide bonds. The summed E-state index contributed by atoms with van der Waals surface area (Å²) in [6, 6.07) is 4.97. The predicted molar refractivity (Wildman–Crippen MR) is 69.9 cm³/mol. The predicted octanol–water partition coefficient (Wildman–Crippen LogP) is 1.79. The van der Waals surface area contributed by atoms with E-state index in [2.05, 4.69) is 10.6 Å². The molecule has 0 heterocycles. The first-order valence-electron chi connectivity index (χ1n) is 5.70. The zero-order chi connectivity index (χ0) is 13.7. The number of ether oxygens (including phenoxy) is 1.